The molecule has 162 valence electrons. The monoisotopic (exact) mass is 419 g/mol. The Balaban J connectivity index is 1.24. The number of piperidine rings is 1. The molecule has 1 aromatic carbocycles. The molecule has 0 atom stereocenters. The lowest BCUT2D eigenvalue weighted by molar-refractivity contribution is -0.125. The van der Waals surface area contributed by atoms with Crippen LogP contribution >= 0.6 is 0 Å². The predicted molar refractivity (Wildman–Crippen MR) is 121 cm³/mol. The molecule has 31 heavy (non-hydrogen) atoms. The van der Waals surface area contributed by atoms with Crippen LogP contribution in [0.2, 0.25) is 0 Å². The minimum atomic E-state index is 0.0416. The summed E-state index contributed by atoms with van der Waals surface area (Å²) in [5, 5.41) is 5.15. The first kappa shape index (κ1) is 20.2. The van der Waals surface area contributed by atoms with Gasteiger partial charge < -0.3 is 19.5 Å². The van der Waals surface area contributed by atoms with Crippen LogP contribution in [-0.2, 0) is 16.6 Å². The number of imidazole rings is 1. The fraction of sp³-hybridized carbons (Fsp3) is 0.458. The molecule has 0 spiro atoms. The number of aromatic nitrogens is 3. The number of rotatable bonds is 5. The molecule has 4 heterocycles. The molecule has 3 aromatic rings. The third kappa shape index (κ3) is 4.20. The number of pyridine rings is 1. The van der Waals surface area contributed by atoms with Crippen molar-refractivity contribution in [2.45, 2.75) is 19.8 Å². The zero-order chi connectivity index (χ0) is 21.4. The number of carbonyl (C=O) groups excluding carboxylic acids is 1. The predicted octanol–water partition coefficient (Wildman–Crippen LogP) is 3.32. The van der Waals surface area contributed by atoms with Crippen molar-refractivity contribution in [2.24, 2.45) is 18.4 Å². The van der Waals surface area contributed by atoms with E-state index in [4.69, 9.17) is 4.74 Å². The van der Waals surface area contributed by atoms with Crippen molar-refractivity contribution in [1.29, 1.82) is 0 Å². The van der Waals surface area contributed by atoms with E-state index in [9.17, 15) is 4.79 Å². The molecule has 0 bridgehead atoms. The summed E-state index contributed by atoms with van der Waals surface area (Å²) in [4.78, 5) is 24.0. The van der Waals surface area contributed by atoms with Gasteiger partial charge in [0.05, 0.1) is 31.4 Å². The van der Waals surface area contributed by atoms with E-state index in [0.717, 1.165) is 67.7 Å². The van der Waals surface area contributed by atoms with Crippen LogP contribution < -0.4 is 5.32 Å². The number of carbonyl (C=O) groups is 1. The molecule has 2 fully saturated rings. The number of amides is 1. The maximum absolute atomic E-state index is 12.9. The van der Waals surface area contributed by atoms with Crippen LogP contribution in [0.5, 0.6) is 0 Å². The first-order valence-corrected chi connectivity index (χ1v) is 11.0. The largest absolute Gasteiger partial charge is 0.380 e. The van der Waals surface area contributed by atoms with Gasteiger partial charge in [0, 0.05) is 42.1 Å². The Labute approximate surface area is 182 Å². The standard InChI is InChI=1S/C24H29N5O2/c1-24(14-31-15-24)13-29-7-5-17(6-8-29)23(30)27-22-10-20-9-18(3-4-19(20)11-26-22)21-12-25-16-28(21)2/h3-4,9-12,16-17H,5-8,13-15H2,1-2H3,(H,26,27,30). The minimum Gasteiger partial charge on any atom is -0.380 e. The van der Waals surface area contributed by atoms with Crippen molar-refractivity contribution in [1.82, 2.24) is 19.4 Å². The molecule has 2 aromatic heterocycles. The minimum absolute atomic E-state index is 0.0416. The average Bonchev–Trinajstić information content (AvgIpc) is 3.18. The van der Waals surface area contributed by atoms with Gasteiger partial charge in [-0.2, -0.15) is 0 Å². The van der Waals surface area contributed by atoms with Gasteiger partial charge in [-0.3, -0.25) is 4.79 Å². The number of hydrogen-bond donors (Lipinski definition) is 1. The van der Waals surface area contributed by atoms with Crippen LogP contribution in [-0.4, -0.2) is 58.2 Å². The number of nitrogens with one attached hydrogen (secondary N) is 1. The van der Waals surface area contributed by atoms with Gasteiger partial charge in [0.2, 0.25) is 5.91 Å². The van der Waals surface area contributed by atoms with Gasteiger partial charge in [-0.1, -0.05) is 19.1 Å². The summed E-state index contributed by atoms with van der Waals surface area (Å²) in [6.07, 6.45) is 7.25. The summed E-state index contributed by atoms with van der Waals surface area (Å²) < 4.78 is 7.36. The zero-order valence-electron chi connectivity index (χ0n) is 18.2. The quantitative estimate of drug-likeness (QED) is 0.687. The van der Waals surface area contributed by atoms with Gasteiger partial charge >= 0.3 is 0 Å². The number of fused-ring (bicyclic) bond motifs is 1. The molecule has 0 aliphatic carbocycles. The highest BCUT2D eigenvalue weighted by molar-refractivity contribution is 5.95. The third-order valence-corrected chi connectivity index (χ3v) is 6.55. The summed E-state index contributed by atoms with van der Waals surface area (Å²) in [6.45, 7) is 6.97. The molecule has 1 N–H and O–H groups in total. The van der Waals surface area contributed by atoms with E-state index in [2.05, 4.69) is 45.3 Å². The van der Waals surface area contributed by atoms with Gasteiger partial charge in [0.1, 0.15) is 5.82 Å². The smallest absolute Gasteiger partial charge is 0.228 e. The lowest BCUT2D eigenvalue weighted by Crippen LogP contribution is -2.51. The Hall–Kier alpha value is -2.77. The number of benzene rings is 1. The first-order chi connectivity index (χ1) is 15.0. The van der Waals surface area contributed by atoms with E-state index in [1.54, 1.807) is 6.33 Å². The Morgan fingerprint density at radius 2 is 2.00 bits per heavy atom. The molecule has 2 aliphatic rings. The molecule has 0 unspecified atom stereocenters. The zero-order valence-corrected chi connectivity index (χ0v) is 18.2. The van der Waals surface area contributed by atoms with Gasteiger partial charge in [-0.15, -0.1) is 0 Å². The van der Waals surface area contributed by atoms with E-state index < -0.39 is 0 Å². The number of nitrogens with zero attached hydrogens (tertiary/aromatic N) is 4. The number of likely N-dealkylation sites (tertiary alicyclic amines) is 1. The van der Waals surface area contributed by atoms with Crippen LogP contribution in [0.4, 0.5) is 5.82 Å². The summed E-state index contributed by atoms with van der Waals surface area (Å²) in [5.41, 5.74) is 2.44. The number of ether oxygens (including phenoxy) is 1. The molecule has 0 radical (unpaired) electrons. The summed E-state index contributed by atoms with van der Waals surface area (Å²) in [6, 6.07) is 8.20. The fourth-order valence-electron chi connectivity index (χ4n) is 4.67. The van der Waals surface area contributed by atoms with Crippen molar-refractivity contribution >= 4 is 22.5 Å². The topological polar surface area (TPSA) is 72.3 Å². The highest BCUT2D eigenvalue weighted by atomic mass is 16.5. The second-order valence-electron chi connectivity index (χ2n) is 9.36. The second kappa shape index (κ2) is 8.05. The van der Waals surface area contributed by atoms with E-state index in [0.29, 0.717) is 11.2 Å². The summed E-state index contributed by atoms with van der Waals surface area (Å²) in [5.74, 6) is 0.730. The van der Waals surface area contributed by atoms with Crippen LogP contribution in [0.25, 0.3) is 22.0 Å². The van der Waals surface area contributed by atoms with Crippen LogP contribution in [0.3, 0.4) is 0 Å². The fourth-order valence-corrected chi connectivity index (χ4v) is 4.67. The maximum atomic E-state index is 12.9. The summed E-state index contributed by atoms with van der Waals surface area (Å²) >= 11 is 0. The van der Waals surface area contributed by atoms with Crippen molar-refractivity contribution in [2.75, 3.05) is 38.2 Å². The van der Waals surface area contributed by atoms with Gasteiger partial charge in [-0.05, 0) is 43.5 Å². The SMILES string of the molecule is Cn1cncc1-c1ccc2cnc(NC(=O)C3CCN(CC4(C)COC4)CC3)cc2c1. The van der Waals surface area contributed by atoms with E-state index >= 15 is 0 Å². The Morgan fingerprint density at radius 3 is 2.68 bits per heavy atom. The molecular formula is C24H29N5O2. The molecule has 7 heteroatoms. The Morgan fingerprint density at radius 1 is 1.19 bits per heavy atom. The van der Waals surface area contributed by atoms with Crippen LogP contribution in [0.1, 0.15) is 19.8 Å². The van der Waals surface area contributed by atoms with Crippen molar-refractivity contribution in [3.8, 4) is 11.3 Å². The van der Waals surface area contributed by atoms with E-state index in [1.165, 1.54) is 0 Å². The molecule has 5 rings (SSSR count). The molecule has 2 saturated heterocycles. The molecule has 1 amide bonds. The van der Waals surface area contributed by atoms with Gasteiger partial charge in [0.15, 0.2) is 0 Å². The lowest BCUT2D eigenvalue weighted by Gasteiger charge is -2.43. The molecule has 7 nitrogen and oxygen atoms in total. The van der Waals surface area contributed by atoms with Crippen molar-refractivity contribution < 1.29 is 9.53 Å². The highest BCUT2D eigenvalue weighted by Crippen LogP contribution is 2.30. The maximum Gasteiger partial charge on any atom is 0.228 e. The normalized spacial score (nSPS) is 19.3. The van der Waals surface area contributed by atoms with E-state index in [-0.39, 0.29) is 11.8 Å². The second-order valence-corrected chi connectivity index (χ2v) is 9.36. The van der Waals surface area contributed by atoms with Crippen LogP contribution in [0.15, 0.2) is 43.0 Å². The van der Waals surface area contributed by atoms with E-state index in [1.807, 2.05) is 30.1 Å². The average molecular weight is 420 g/mol. The molecule has 0 saturated carbocycles. The Bertz CT molecular complexity index is 1100. The molecule has 2 aliphatic heterocycles. The van der Waals surface area contributed by atoms with Crippen molar-refractivity contribution in [3.05, 3.63) is 43.0 Å². The lowest BCUT2D eigenvalue weighted by atomic mass is 9.86. The Kier molecular flexibility index (Phi) is 5.24. The summed E-state index contributed by atoms with van der Waals surface area (Å²) in [7, 11) is 1.98. The number of anilines is 1. The van der Waals surface area contributed by atoms with Gasteiger partial charge in [-0.25, -0.2) is 9.97 Å². The highest BCUT2D eigenvalue weighted by Gasteiger charge is 2.36. The van der Waals surface area contributed by atoms with Crippen molar-refractivity contribution in [3.63, 3.8) is 0 Å². The van der Waals surface area contributed by atoms with Crippen LogP contribution in [0, 0.1) is 11.3 Å². The third-order valence-electron chi connectivity index (χ3n) is 6.55. The first-order valence-electron chi connectivity index (χ1n) is 11.0. The molecular weight excluding hydrogens is 390 g/mol. The van der Waals surface area contributed by atoms with Gasteiger partial charge in [0.25, 0.3) is 0 Å². The number of hydrogen-bond acceptors (Lipinski definition) is 5. The number of aryl methyl sites for hydroxylation is 1.